The number of ether oxygens (including phenoxy) is 1. The SMILES string of the molecule is Cc1c(Oc2cc(F)cc(CC#N)c2)ccc(S(=O)(=O)C(F)(F)F)c1/C=C/C(=O)O. The van der Waals surface area contributed by atoms with Gasteiger partial charge in [0.05, 0.1) is 17.4 Å². The number of nitrogens with zero attached hydrogens (tertiary/aromatic N) is 1. The monoisotopic (exact) mass is 443 g/mol. The van der Waals surface area contributed by atoms with Crippen molar-refractivity contribution in [2.75, 3.05) is 0 Å². The van der Waals surface area contributed by atoms with Crippen molar-refractivity contribution in [3.8, 4) is 17.6 Å². The van der Waals surface area contributed by atoms with Crippen LogP contribution in [0.15, 0.2) is 41.3 Å². The van der Waals surface area contributed by atoms with Crippen molar-refractivity contribution < 1.29 is 40.6 Å². The summed E-state index contributed by atoms with van der Waals surface area (Å²) in [5, 5.41) is 17.5. The van der Waals surface area contributed by atoms with Crippen molar-refractivity contribution in [3.63, 3.8) is 0 Å². The molecular formula is C19H13F4NO5S. The number of nitriles is 1. The summed E-state index contributed by atoms with van der Waals surface area (Å²) in [6, 6.07) is 6.80. The highest BCUT2D eigenvalue weighted by atomic mass is 32.2. The van der Waals surface area contributed by atoms with Gasteiger partial charge in [-0.2, -0.15) is 18.4 Å². The molecule has 0 spiro atoms. The summed E-state index contributed by atoms with van der Waals surface area (Å²) in [7, 11) is -5.78. The second kappa shape index (κ2) is 8.54. The summed E-state index contributed by atoms with van der Waals surface area (Å²) in [5.41, 5.74) is -5.99. The number of halogens is 4. The zero-order valence-electron chi connectivity index (χ0n) is 15.2. The van der Waals surface area contributed by atoms with Crippen LogP contribution in [0, 0.1) is 24.1 Å². The quantitative estimate of drug-likeness (QED) is 0.525. The van der Waals surface area contributed by atoms with Crippen LogP contribution in [0.3, 0.4) is 0 Å². The molecule has 0 aliphatic heterocycles. The molecule has 158 valence electrons. The summed E-state index contributed by atoms with van der Waals surface area (Å²) < 4.78 is 82.0. The number of alkyl halides is 3. The lowest BCUT2D eigenvalue weighted by atomic mass is 10.1. The molecule has 0 aliphatic carbocycles. The summed E-state index contributed by atoms with van der Waals surface area (Å²) in [4.78, 5) is 9.65. The van der Waals surface area contributed by atoms with Crippen LogP contribution >= 0.6 is 0 Å². The van der Waals surface area contributed by atoms with Gasteiger partial charge in [0.2, 0.25) is 0 Å². The molecule has 0 saturated carbocycles. The zero-order chi connectivity index (χ0) is 22.7. The third-order valence-corrected chi connectivity index (χ3v) is 5.40. The standard InChI is InChI=1S/C19H13F4NO5S/c1-11-15(2-5-18(25)26)17(30(27,28)19(21,22)23)4-3-16(11)29-14-9-12(6-7-24)8-13(20)10-14/h2-5,8-10H,6H2,1H3,(H,25,26)/b5-2+. The van der Waals surface area contributed by atoms with Crippen molar-refractivity contribution in [2.24, 2.45) is 0 Å². The number of rotatable bonds is 6. The van der Waals surface area contributed by atoms with Gasteiger partial charge in [-0.25, -0.2) is 17.6 Å². The van der Waals surface area contributed by atoms with Crippen molar-refractivity contribution >= 4 is 21.9 Å². The summed E-state index contributed by atoms with van der Waals surface area (Å²) in [6.07, 6.45) is 1.06. The first-order valence-corrected chi connectivity index (χ1v) is 9.55. The molecular weight excluding hydrogens is 430 g/mol. The Morgan fingerprint density at radius 1 is 1.27 bits per heavy atom. The molecule has 0 saturated heterocycles. The molecule has 0 aliphatic rings. The number of carbonyl (C=O) groups is 1. The Hall–Kier alpha value is -3.39. The van der Waals surface area contributed by atoms with E-state index in [-0.39, 0.29) is 29.0 Å². The van der Waals surface area contributed by atoms with Gasteiger partial charge in [0.1, 0.15) is 17.3 Å². The number of hydrogen-bond donors (Lipinski definition) is 1. The van der Waals surface area contributed by atoms with Gasteiger partial charge in [0, 0.05) is 23.3 Å². The smallest absolute Gasteiger partial charge is 0.478 e. The fourth-order valence-electron chi connectivity index (χ4n) is 2.51. The van der Waals surface area contributed by atoms with Crippen molar-refractivity contribution in [2.45, 2.75) is 23.7 Å². The van der Waals surface area contributed by atoms with Crippen LogP contribution in [-0.4, -0.2) is 25.0 Å². The predicted octanol–water partition coefficient (Wildman–Crippen LogP) is 4.38. The molecule has 0 amide bonds. The molecule has 0 atom stereocenters. The van der Waals surface area contributed by atoms with Gasteiger partial charge in [-0.15, -0.1) is 0 Å². The van der Waals surface area contributed by atoms with Crippen molar-refractivity contribution in [3.05, 3.63) is 58.9 Å². The first-order valence-electron chi connectivity index (χ1n) is 8.07. The van der Waals surface area contributed by atoms with Crippen LogP contribution in [-0.2, 0) is 21.1 Å². The van der Waals surface area contributed by atoms with E-state index in [1.807, 2.05) is 6.07 Å². The average molecular weight is 443 g/mol. The Morgan fingerprint density at radius 3 is 2.50 bits per heavy atom. The molecule has 0 fully saturated rings. The molecule has 2 aromatic carbocycles. The van der Waals surface area contributed by atoms with Gasteiger partial charge in [-0.3, -0.25) is 0 Å². The lowest BCUT2D eigenvalue weighted by Gasteiger charge is -2.16. The first-order chi connectivity index (χ1) is 13.9. The van der Waals surface area contributed by atoms with Gasteiger partial charge in [0.25, 0.3) is 9.84 Å². The molecule has 2 aromatic rings. The summed E-state index contributed by atoms with van der Waals surface area (Å²) in [5.74, 6) is -2.45. The number of carboxylic acids is 1. The molecule has 0 bridgehead atoms. The van der Waals surface area contributed by atoms with Gasteiger partial charge in [-0.05, 0) is 42.8 Å². The van der Waals surface area contributed by atoms with E-state index in [0.717, 1.165) is 18.2 Å². The average Bonchev–Trinajstić information content (AvgIpc) is 2.60. The second-order valence-corrected chi connectivity index (χ2v) is 7.86. The van der Waals surface area contributed by atoms with E-state index in [1.165, 1.54) is 13.0 Å². The van der Waals surface area contributed by atoms with Crippen LogP contribution in [0.1, 0.15) is 16.7 Å². The van der Waals surface area contributed by atoms with Crippen LogP contribution in [0.4, 0.5) is 17.6 Å². The minimum Gasteiger partial charge on any atom is -0.478 e. The zero-order valence-corrected chi connectivity index (χ0v) is 16.0. The Kier molecular flexibility index (Phi) is 6.52. The maximum Gasteiger partial charge on any atom is 0.501 e. The number of aliphatic carboxylic acids is 1. The van der Waals surface area contributed by atoms with Crippen LogP contribution in [0.2, 0.25) is 0 Å². The maximum atomic E-state index is 13.7. The van der Waals surface area contributed by atoms with Gasteiger partial charge >= 0.3 is 11.5 Å². The number of carboxylic acid groups (broad SMARTS) is 1. The highest BCUT2D eigenvalue weighted by molar-refractivity contribution is 7.92. The molecule has 0 heterocycles. The van der Waals surface area contributed by atoms with Crippen molar-refractivity contribution in [1.29, 1.82) is 5.26 Å². The molecule has 0 radical (unpaired) electrons. The van der Waals surface area contributed by atoms with Crippen LogP contribution in [0.25, 0.3) is 6.08 Å². The van der Waals surface area contributed by atoms with Gasteiger partial charge in [0.15, 0.2) is 0 Å². The molecule has 0 unspecified atom stereocenters. The van der Waals surface area contributed by atoms with E-state index >= 15 is 0 Å². The fourth-order valence-corrected chi connectivity index (χ4v) is 3.52. The predicted molar refractivity (Wildman–Crippen MR) is 96.9 cm³/mol. The van der Waals surface area contributed by atoms with Crippen molar-refractivity contribution in [1.82, 2.24) is 0 Å². The molecule has 11 heteroatoms. The second-order valence-electron chi connectivity index (χ2n) is 5.95. The number of sulfone groups is 1. The van der Waals surface area contributed by atoms with E-state index in [2.05, 4.69) is 0 Å². The Labute approximate surface area is 168 Å². The fraction of sp³-hybridized carbons (Fsp3) is 0.158. The third-order valence-electron chi connectivity index (χ3n) is 3.85. The highest BCUT2D eigenvalue weighted by Gasteiger charge is 2.48. The Bertz CT molecular complexity index is 1160. The maximum absolute atomic E-state index is 13.7. The lowest BCUT2D eigenvalue weighted by Crippen LogP contribution is -2.24. The Balaban J connectivity index is 2.64. The van der Waals surface area contributed by atoms with E-state index in [0.29, 0.717) is 18.2 Å². The molecule has 2 rings (SSSR count). The summed E-state index contributed by atoms with van der Waals surface area (Å²) >= 11 is 0. The largest absolute Gasteiger partial charge is 0.501 e. The van der Waals surface area contributed by atoms with E-state index < -0.39 is 37.6 Å². The van der Waals surface area contributed by atoms with E-state index in [9.17, 15) is 30.8 Å². The van der Waals surface area contributed by atoms with Gasteiger partial charge in [-0.1, -0.05) is 0 Å². The normalized spacial score (nSPS) is 12.0. The highest BCUT2D eigenvalue weighted by Crippen LogP contribution is 2.38. The molecule has 0 aromatic heterocycles. The molecule has 1 N–H and O–H groups in total. The number of benzene rings is 2. The minimum atomic E-state index is -5.78. The van der Waals surface area contributed by atoms with E-state index in [1.54, 1.807) is 0 Å². The first kappa shape index (κ1) is 22.9. The van der Waals surface area contributed by atoms with E-state index in [4.69, 9.17) is 15.1 Å². The topological polar surface area (TPSA) is 104 Å². The minimum absolute atomic E-state index is 0.0806. The summed E-state index contributed by atoms with van der Waals surface area (Å²) in [6.45, 7) is 1.22. The van der Waals surface area contributed by atoms with Crippen LogP contribution < -0.4 is 4.74 Å². The van der Waals surface area contributed by atoms with Crippen LogP contribution in [0.5, 0.6) is 11.5 Å². The van der Waals surface area contributed by atoms with Gasteiger partial charge < -0.3 is 9.84 Å². The molecule has 6 nitrogen and oxygen atoms in total. The third kappa shape index (κ3) is 4.96. The Morgan fingerprint density at radius 2 is 1.93 bits per heavy atom. The lowest BCUT2D eigenvalue weighted by molar-refractivity contribution is -0.131. The number of hydrogen-bond acceptors (Lipinski definition) is 5. The molecule has 30 heavy (non-hydrogen) atoms.